The molecule has 0 aliphatic rings. The number of hydrogen-bond donors (Lipinski definition) is 1. The molecule has 1 rings (SSSR count). The molecule has 1 N–H and O–H groups in total. The normalized spacial score (nSPS) is 9.94. The second-order valence-corrected chi connectivity index (χ2v) is 4.00. The van der Waals surface area contributed by atoms with Gasteiger partial charge in [-0.25, -0.2) is 0 Å². The molecule has 0 aliphatic heterocycles. The minimum Gasteiger partial charge on any atom is -0.468 e. The number of amides is 1. The van der Waals surface area contributed by atoms with Crippen molar-refractivity contribution in [3.63, 3.8) is 0 Å². The van der Waals surface area contributed by atoms with E-state index in [0.29, 0.717) is 12.2 Å². The molecule has 1 amide bonds. The number of rotatable bonds is 4. The maximum atomic E-state index is 11.7. The topological polar surface area (TPSA) is 60.3 Å². The van der Waals surface area contributed by atoms with Gasteiger partial charge in [0, 0.05) is 17.2 Å². The van der Waals surface area contributed by atoms with Gasteiger partial charge in [-0.3, -0.25) is 9.59 Å². The van der Waals surface area contributed by atoms with Gasteiger partial charge in [-0.15, -0.1) is 0 Å². The molecule has 0 saturated heterocycles. The number of aromatic nitrogens is 1. The second-order valence-electron chi connectivity index (χ2n) is 3.09. The monoisotopic (exact) mass is 288 g/mol. The van der Waals surface area contributed by atoms with Gasteiger partial charge < -0.3 is 14.6 Å². The zero-order valence-corrected chi connectivity index (χ0v) is 10.7. The number of carbonyl (C=O) groups is 2. The van der Waals surface area contributed by atoms with Crippen LogP contribution in [0.2, 0.25) is 0 Å². The van der Waals surface area contributed by atoms with Crippen LogP contribution in [0, 0.1) is 0 Å². The molecule has 5 nitrogen and oxygen atoms in total. The van der Waals surface area contributed by atoms with Crippen LogP contribution in [0.4, 0.5) is 0 Å². The molecule has 0 saturated carbocycles. The molecule has 1 heterocycles. The third-order valence-corrected chi connectivity index (χ3v) is 2.49. The highest BCUT2D eigenvalue weighted by Gasteiger charge is 2.13. The quantitative estimate of drug-likeness (QED) is 0.847. The molecule has 0 atom stereocenters. The Morgan fingerprint density at radius 1 is 1.56 bits per heavy atom. The minimum absolute atomic E-state index is 0.123. The molecule has 6 heteroatoms. The van der Waals surface area contributed by atoms with E-state index < -0.39 is 5.97 Å². The Hall–Kier alpha value is -1.30. The molecular weight excluding hydrogens is 276 g/mol. The zero-order valence-electron chi connectivity index (χ0n) is 9.12. The molecule has 0 spiro atoms. The summed E-state index contributed by atoms with van der Waals surface area (Å²) in [7, 11) is 1.28. The van der Waals surface area contributed by atoms with E-state index in [1.807, 2.05) is 13.1 Å². The van der Waals surface area contributed by atoms with E-state index >= 15 is 0 Å². The lowest BCUT2D eigenvalue weighted by atomic mass is 10.4. The zero-order chi connectivity index (χ0) is 12.1. The fourth-order valence-electron chi connectivity index (χ4n) is 1.24. The van der Waals surface area contributed by atoms with Crippen molar-refractivity contribution in [2.24, 2.45) is 0 Å². The van der Waals surface area contributed by atoms with Crippen LogP contribution in [0.25, 0.3) is 0 Å². The van der Waals surface area contributed by atoms with Crippen molar-refractivity contribution in [2.45, 2.75) is 13.5 Å². The standard InChI is InChI=1S/C10H13BrN2O3/c1-3-13-6-7(11)4-8(13)10(15)12-5-9(14)16-2/h4,6H,3,5H2,1-2H3,(H,12,15). The Kier molecular flexibility index (Phi) is 4.54. The third-order valence-electron chi connectivity index (χ3n) is 2.06. The number of esters is 1. The van der Waals surface area contributed by atoms with Crippen LogP contribution in [0.15, 0.2) is 16.7 Å². The van der Waals surface area contributed by atoms with Gasteiger partial charge in [-0.2, -0.15) is 0 Å². The molecule has 1 aromatic heterocycles. The highest BCUT2D eigenvalue weighted by atomic mass is 79.9. The molecular formula is C10H13BrN2O3. The first kappa shape index (κ1) is 12.8. The van der Waals surface area contributed by atoms with Crippen molar-refractivity contribution in [2.75, 3.05) is 13.7 Å². The van der Waals surface area contributed by atoms with Crippen molar-refractivity contribution in [1.82, 2.24) is 9.88 Å². The predicted molar refractivity (Wildman–Crippen MR) is 62.2 cm³/mol. The number of nitrogens with zero attached hydrogens (tertiary/aromatic N) is 1. The van der Waals surface area contributed by atoms with Crippen LogP contribution < -0.4 is 5.32 Å². The van der Waals surface area contributed by atoms with E-state index in [1.54, 1.807) is 10.6 Å². The maximum Gasteiger partial charge on any atom is 0.325 e. The van der Waals surface area contributed by atoms with Crippen molar-refractivity contribution >= 4 is 27.8 Å². The summed E-state index contributed by atoms with van der Waals surface area (Å²) in [5.74, 6) is -0.764. The number of nitrogens with one attached hydrogen (secondary N) is 1. The number of aryl methyl sites for hydroxylation is 1. The van der Waals surface area contributed by atoms with Gasteiger partial charge in [0.2, 0.25) is 0 Å². The van der Waals surface area contributed by atoms with Gasteiger partial charge in [-0.05, 0) is 28.9 Å². The summed E-state index contributed by atoms with van der Waals surface area (Å²) in [6.07, 6.45) is 1.81. The summed E-state index contributed by atoms with van der Waals surface area (Å²) in [6.45, 7) is 2.50. The Morgan fingerprint density at radius 3 is 2.81 bits per heavy atom. The van der Waals surface area contributed by atoms with Gasteiger partial charge >= 0.3 is 5.97 Å². The Balaban J connectivity index is 2.68. The number of methoxy groups -OCH3 is 1. The van der Waals surface area contributed by atoms with Gasteiger partial charge in [-0.1, -0.05) is 0 Å². The van der Waals surface area contributed by atoms with E-state index in [4.69, 9.17) is 0 Å². The molecule has 0 fully saturated rings. The average Bonchev–Trinajstić information content (AvgIpc) is 2.66. The smallest absolute Gasteiger partial charge is 0.325 e. The number of hydrogen-bond acceptors (Lipinski definition) is 3. The number of ether oxygens (including phenoxy) is 1. The third kappa shape index (κ3) is 3.10. The SMILES string of the molecule is CCn1cc(Br)cc1C(=O)NCC(=O)OC. The molecule has 1 aromatic rings. The fraction of sp³-hybridized carbons (Fsp3) is 0.400. The second kappa shape index (κ2) is 5.69. The summed E-state index contributed by atoms with van der Waals surface area (Å²) in [4.78, 5) is 22.6. The van der Waals surface area contributed by atoms with Crippen LogP contribution in [-0.2, 0) is 16.1 Å². The molecule has 0 aliphatic carbocycles. The van der Waals surface area contributed by atoms with Crippen molar-refractivity contribution in [3.8, 4) is 0 Å². The summed E-state index contributed by atoms with van der Waals surface area (Å²) >= 11 is 3.29. The highest BCUT2D eigenvalue weighted by Crippen LogP contribution is 2.14. The lowest BCUT2D eigenvalue weighted by molar-refractivity contribution is -0.139. The Bertz CT molecular complexity index is 401. The van der Waals surface area contributed by atoms with Gasteiger partial charge in [0.1, 0.15) is 12.2 Å². The van der Waals surface area contributed by atoms with E-state index in [9.17, 15) is 9.59 Å². The molecule has 0 radical (unpaired) electrons. The first-order valence-electron chi connectivity index (χ1n) is 4.79. The number of carbonyl (C=O) groups excluding carboxylic acids is 2. The Labute approximate surface area is 102 Å². The van der Waals surface area contributed by atoms with Crippen molar-refractivity contribution in [3.05, 3.63) is 22.4 Å². The van der Waals surface area contributed by atoms with E-state index in [0.717, 1.165) is 4.47 Å². The van der Waals surface area contributed by atoms with E-state index in [2.05, 4.69) is 26.0 Å². The molecule has 88 valence electrons. The lowest BCUT2D eigenvalue weighted by Crippen LogP contribution is -2.31. The van der Waals surface area contributed by atoms with Gasteiger partial charge in [0.15, 0.2) is 0 Å². The van der Waals surface area contributed by atoms with Crippen LogP contribution in [0.1, 0.15) is 17.4 Å². The largest absolute Gasteiger partial charge is 0.468 e. The molecule has 0 unspecified atom stereocenters. The summed E-state index contributed by atoms with van der Waals surface area (Å²) in [5.41, 5.74) is 0.512. The van der Waals surface area contributed by atoms with Crippen molar-refractivity contribution < 1.29 is 14.3 Å². The van der Waals surface area contributed by atoms with Crippen LogP contribution in [0.3, 0.4) is 0 Å². The van der Waals surface area contributed by atoms with Gasteiger partial charge in [0.05, 0.1) is 7.11 Å². The van der Waals surface area contributed by atoms with Crippen LogP contribution >= 0.6 is 15.9 Å². The van der Waals surface area contributed by atoms with Crippen LogP contribution in [-0.4, -0.2) is 30.1 Å². The van der Waals surface area contributed by atoms with Gasteiger partial charge in [0.25, 0.3) is 5.91 Å². The summed E-state index contributed by atoms with van der Waals surface area (Å²) in [6, 6.07) is 1.70. The first-order valence-corrected chi connectivity index (χ1v) is 5.58. The minimum atomic E-state index is -0.470. The molecule has 0 aromatic carbocycles. The van der Waals surface area contributed by atoms with Crippen LogP contribution in [0.5, 0.6) is 0 Å². The Morgan fingerprint density at radius 2 is 2.25 bits per heavy atom. The first-order chi connectivity index (χ1) is 7.58. The summed E-state index contributed by atoms with van der Waals surface area (Å²) < 4.78 is 7.05. The van der Waals surface area contributed by atoms with Crippen molar-refractivity contribution in [1.29, 1.82) is 0 Å². The average molecular weight is 289 g/mol. The maximum absolute atomic E-state index is 11.7. The van der Waals surface area contributed by atoms with E-state index in [1.165, 1.54) is 7.11 Å². The predicted octanol–water partition coefficient (Wildman–Crippen LogP) is 1.17. The summed E-state index contributed by atoms with van der Waals surface area (Å²) in [5, 5.41) is 2.48. The fourth-order valence-corrected chi connectivity index (χ4v) is 1.71. The lowest BCUT2D eigenvalue weighted by Gasteiger charge is -2.06. The highest BCUT2D eigenvalue weighted by molar-refractivity contribution is 9.10. The molecule has 16 heavy (non-hydrogen) atoms. The number of halogens is 1. The molecule has 0 bridgehead atoms. The van der Waals surface area contributed by atoms with E-state index in [-0.39, 0.29) is 12.5 Å².